The van der Waals surface area contributed by atoms with Crippen molar-refractivity contribution in [2.75, 3.05) is 19.7 Å². The van der Waals surface area contributed by atoms with Gasteiger partial charge in [0.2, 0.25) is 11.8 Å². The van der Waals surface area contributed by atoms with Crippen molar-refractivity contribution in [2.45, 2.75) is 62.7 Å². The first-order valence-electron chi connectivity index (χ1n) is 15.4. The molecule has 4 N–H and O–H groups in total. The maximum absolute atomic E-state index is 14.2. The van der Waals surface area contributed by atoms with Gasteiger partial charge in [-0.3, -0.25) is 9.59 Å². The standard InChI is InChI=1S/C34H39N3O5/c38-14-12-35-34(41)26-19-28(32(40)33-31(26)25-6-2-4-8-29(25)42-33)37(30(39)18-23-16-20-9-10-21(23)15-20)13-11-24-17-22-5-1-3-7-27(22)36-24/h1-8,17,19-21,23,28,31-33,36,38,40H,9-16,18H2,(H,35,41). The predicted octanol–water partition coefficient (Wildman–Crippen LogP) is 3.69. The van der Waals surface area contributed by atoms with Crippen LogP contribution in [0.2, 0.25) is 0 Å². The number of hydrogen-bond acceptors (Lipinski definition) is 5. The molecule has 2 fully saturated rings. The molecule has 2 amide bonds. The minimum Gasteiger partial charge on any atom is -0.486 e. The molecule has 0 spiro atoms. The Bertz CT molecular complexity index is 1480. The van der Waals surface area contributed by atoms with Gasteiger partial charge >= 0.3 is 0 Å². The van der Waals surface area contributed by atoms with Crippen LogP contribution in [-0.2, 0) is 16.0 Å². The number of hydrogen-bond donors (Lipinski definition) is 4. The summed E-state index contributed by atoms with van der Waals surface area (Å²) in [7, 11) is 0. The number of ether oxygens (including phenoxy) is 1. The van der Waals surface area contributed by atoms with E-state index in [-0.39, 0.29) is 25.0 Å². The van der Waals surface area contributed by atoms with Crippen LogP contribution in [0.15, 0.2) is 66.2 Å². The number of para-hydroxylation sites is 2. The van der Waals surface area contributed by atoms with Crippen molar-refractivity contribution >= 4 is 22.7 Å². The van der Waals surface area contributed by atoms with E-state index in [2.05, 4.69) is 22.4 Å². The summed E-state index contributed by atoms with van der Waals surface area (Å²) in [5.41, 5.74) is 3.39. The third-order valence-electron chi connectivity index (χ3n) is 10.1. The molecule has 7 rings (SSSR count). The molecular formula is C34H39N3O5. The van der Waals surface area contributed by atoms with Crippen LogP contribution in [0.25, 0.3) is 10.9 Å². The van der Waals surface area contributed by atoms with Crippen LogP contribution < -0.4 is 10.1 Å². The summed E-state index contributed by atoms with van der Waals surface area (Å²) in [6.45, 7) is 0.349. The third kappa shape index (κ3) is 4.90. The number of fused-ring (bicyclic) bond motifs is 6. The van der Waals surface area contributed by atoms with Crippen LogP contribution in [-0.4, -0.2) is 69.9 Å². The topological polar surface area (TPSA) is 115 Å². The van der Waals surface area contributed by atoms with E-state index in [0.29, 0.717) is 42.5 Å². The third-order valence-corrected chi connectivity index (χ3v) is 10.1. The number of aliphatic hydroxyl groups is 2. The second-order valence-electron chi connectivity index (χ2n) is 12.5. The van der Waals surface area contributed by atoms with Crippen LogP contribution in [0.3, 0.4) is 0 Å². The van der Waals surface area contributed by atoms with Crippen LogP contribution >= 0.6 is 0 Å². The molecule has 42 heavy (non-hydrogen) atoms. The van der Waals surface area contributed by atoms with Gasteiger partial charge < -0.3 is 30.2 Å². The molecule has 2 heterocycles. The van der Waals surface area contributed by atoms with Gasteiger partial charge in [0.05, 0.1) is 18.6 Å². The van der Waals surface area contributed by atoms with E-state index < -0.39 is 24.2 Å². The Morgan fingerprint density at radius 1 is 1.07 bits per heavy atom. The number of benzene rings is 2. The van der Waals surface area contributed by atoms with E-state index in [0.717, 1.165) is 34.5 Å². The molecular weight excluding hydrogens is 530 g/mol. The average molecular weight is 570 g/mol. The summed E-state index contributed by atoms with van der Waals surface area (Å²) in [6, 6.07) is 17.1. The lowest BCUT2D eigenvalue weighted by molar-refractivity contribution is -0.138. The Labute approximate surface area is 245 Å². The van der Waals surface area contributed by atoms with E-state index >= 15 is 0 Å². The molecule has 7 atom stereocenters. The first-order chi connectivity index (χ1) is 20.5. The molecule has 8 heteroatoms. The number of carbonyl (C=O) groups is 2. The maximum Gasteiger partial charge on any atom is 0.247 e. The Kier molecular flexibility index (Phi) is 7.28. The van der Waals surface area contributed by atoms with Gasteiger partial charge in [0.1, 0.15) is 18.0 Å². The number of aromatic amines is 1. The molecule has 8 nitrogen and oxygen atoms in total. The molecule has 2 bridgehead atoms. The minimum absolute atomic E-state index is 0.0213. The Hall–Kier alpha value is -3.62. The zero-order valence-electron chi connectivity index (χ0n) is 23.7. The van der Waals surface area contributed by atoms with E-state index in [9.17, 15) is 19.8 Å². The number of H-pyrrole nitrogens is 1. The van der Waals surface area contributed by atoms with Crippen molar-refractivity contribution in [1.29, 1.82) is 0 Å². The fourth-order valence-electron chi connectivity index (χ4n) is 8.11. The van der Waals surface area contributed by atoms with Gasteiger partial charge in [0.15, 0.2) is 0 Å². The fourth-order valence-corrected chi connectivity index (χ4v) is 8.11. The molecule has 0 radical (unpaired) electrons. The number of aromatic nitrogens is 1. The summed E-state index contributed by atoms with van der Waals surface area (Å²) in [5, 5.41) is 25.1. The van der Waals surface area contributed by atoms with Crippen molar-refractivity contribution in [1.82, 2.24) is 15.2 Å². The van der Waals surface area contributed by atoms with Crippen LogP contribution in [0.5, 0.6) is 5.75 Å². The van der Waals surface area contributed by atoms with Crippen molar-refractivity contribution < 1.29 is 24.5 Å². The number of nitrogens with zero attached hydrogens (tertiary/aromatic N) is 1. The van der Waals surface area contributed by atoms with E-state index in [1.165, 1.54) is 19.3 Å². The zero-order valence-corrected chi connectivity index (χ0v) is 23.7. The molecule has 1 aromatic heterocycles. The van der Waals surface area contributed by atoms with Crippen molar-refractivity contribution in [3.63, 3.8) is 0 Å². The highest BCUT2D eigenvalue weighted by atomic mass is 16.5. The summed E-state index contributed by atoms with van der Waals surface area (Å²) in [6.07, 6.45) is 5.94. The summed E-state index contributed by atoms with van der Waals surface area (Å²) in [5.74, 6) is 1.62. The second-order valence-corrected chi connectivity index (χ2v) is 12.5. The highest BCUT2D eigenvalue weighted by Gasteiger charge is 2.51. The van der Waals surface area contributed by atoms with E-state index in [4.69, 9.17) is 4.74 Å². The lowest BCUT2D eigenvalue weighted by Crippen LogP contribution is -2.56. The van der Waals surface area contributed by atoms with Crippen LogP contribution in [0, 0.1) is 17.8 Å². The summed E-state index contributed by atoms with van der Waals surface area (Å²) < 4.78 is 6.28. The van der Waals surface area contributed by atoms with Crippen molar-refractivity contribution in [2.24, 2.45) is 17.8 Å². The monoisotopic (exact) mass is 569 g/mol. The number of aliphatic hydroxyl groups excluding tert-OH is 2. The highest BCUT2D eigenvalue weighted by Crippen LogP contribution is 2.50. The summed E-state index contributed by atoms with van der Waals surface area (Å²) in [4.78, 5) is 32.9. The Morgan fingerprint density at radius 3 is 2.69 bits per heavy atom. The smallest absolute Gasteiger partial charge is 0.247 e. The first-order valence-corrected chi connectivity index (χ1v) is 15.4. The van der Waals surface area contributed by atoms with Gasteiger partial charge in [-0.05, 0) is 66.7 Å². The molecule has 3 aliphatic carbocycles. The van der Waals surface area contributed by atoms with E-state index in [1.807, 2.05) is 42.5 Å². The van der Waals surface area contributed by atoms with Gasteiger partial charge in [-0.15, -0.1) is 0 Å². The highest BCUT2D eigenvalue weighted by molar-refractivity contribution is 5.96. The van der Waals surface area contributed by atoms with Gasteiger partial charge in [0.25, 0.3) is 0 Å². The summed E-state index contributed by atoms with van der Waals surface area (Å²) >= 11 is 0. The molecule has 4 aliphatic rings. The molecule has 3 aromatic rings. The minimum atomic E-state index is -1.01. The maximum atomic E-state index is 14.2. The van der Waals surface area contributed by atoms with Gasteiger partial charge in [-0.2, -0.15) is 0 Å². The number of nitrogens with one attached hydrogen (secondary N) is 2. The SMILES string of the molecule is O=C(NCCO)C1=CC(N(CCc2cc3ccccc3[nH]2)C(=O)CC2CC3CCC2C3)C(O)C2Oc3ccccc3C12. The fraction of sp³-hybridized carbons (Fsp3) is 0.471. The number of rotatable bonds is 9. The average Bonchev–Trinajstić information content (AvgIpc) is 3.79. The van der Waals surface area contributed by atoms with Crippen LogP contribution in [0.4, 0.5) is 0 Å². The first kappa shape index (κ1) is 27.2. The quantitative estimate of drug-likeness (QED) is 0.314. The molecule has 2 saturated carbocycles. The second kappa shape index (κ2) is 11.2. The lowest BCUT2D eigenvalue weighted by Gasteiger charge is -2.41. The number of amides is 2. The normalized spacial score (nSPS) is 29.1. The lowest BCUT2D eigenvalue weighted by atomic mass is 9.77. The van der Waals surface area contributed by atoms with Crippen molar-refractivity contribution in [3.8, 4) is 5.75 Å². The Balaban J connectivity index is 1.21. The molecule has 0 saturated heterocycles. The molecule has 7 unspecified atom stereocenters. The van der Waals surface area contributed by atoms with Gasteiger partial charge in [-0.1, -0.05) is 42.8 Å². The zero-order chi connectivity index (χ0) is 28.8. The van der Waals surface area contributed by atoms with Gasteiger partial charge in [-0.25, -0.2) is 0 Å². The predicted molar refractivity (Wildman–Crippen MR) is 159 cm³/mol. The number of carbonyl (C=O) groups excluding carboxylic acids is 2. The van der Waals surface area contributed by atoms with E-state index in [1.54, 1.807) is 11.0 Å². The molecule has 2 aromatic carbocycles. The molecule has 1 aliphatic heterocycles. The van der Waals surface area contributed by atoms with Gasteiger partial charge in [0, 0.05) is 48.3 Å². The van der Waals surface area contributed by atoms with Crippen molar-refractivity contribution in [3.05, 3.63) is 77.5 Å². The largest absolute Gasteiger partial charge is 0.486 e. The molecule has 220 valence electrons. The van der Waals surface area contributed by atoms with Crippen LogP contribution in [0.1, 0.15) is 49.3 Å². The Morgan fingerprint density at radius 2 is 1.90 bits per heavy atom.